The maximum atomic E-state index is 13.2. The van der Waals surface area contributed by atoms with E-state index in [1.165, 1.54) is 20.5 Å². The molecule has 1 saturated carbocycles. The van der Waals surface area contributed by atoms with Gasteiger partial charge in [-0.3, -0.25) is 9.59 Å². The standard InChI is InChI=1S/C30H32F3N7O5/c1-44-22-14-17(30(31,32)33)4-9-20(22)29(43)38-21-10-3-16(13-23(21)45-2)26-25-27(34)36-15-37-28(25)40(39-26)19-7-5-18(6-8-19)35-12-11-24(41)42/h3-4,9-10,13-15,18-19,35H,5-8,11-12H2,1-2H3,(H,38,43)(H,41,42)(H2,34,36,37)/t18-,19-. The molecule has 45 heavy (non-hydrogen) atoms. The number of ether oxygens (including phenoxy) is 2. The maximum Gasteiger partial charge on any atom is 0.416 e. The molecule has 2 heterocycles. The van der Waals surface area contributed by atoms with Crippen LogP contribution in [0.15, 0.2) is 42.7 Å². The molecule has 0 unspecified atom stereocenters. The van der Waals surface area contributed by atoms with Crippen LogP contribution >= 0.6 is 0 Å². The Morgan fingerprint density at radius 3 is 2.44 bits per heavy atom. The molecule has 0 bridgehead atoms. The lowest BCUT2D eigenvalue weighted by molar-refractivity contribution is -0.138. The molecule has 4 aromatic rings. The molecule has 5 N–H and O–H groups in total. The highest BCUT2D eigenvalue weighted by molar-refractivity contribution is 6.07. The van der Waals surface area contributed by atoms with Crippen molar-refractivity contribution in [3.8, 4) is 22.8 Å². The Labute approximate surface area is 255 Å². The molecule has 2 aromatic heterocycles. The number of aliphatic carboxylic acids is 1. The number of hydrogen-bond acceptors (Lipinski definition) is 9. The second-order valence-electron chi connectivity index (χ2n) is 10.6. The van der Waals surface area contributed by atoms with Crippen molar-refractivity contribution in [2.45, 2.75) is 50.4 Å². The lowest BCUT2D eigenvalue weighted by Crippen LogP contribution is -2.35. The van der Waals surface area contributed by atoms with Crippen LogP contribution in [0.5, 0.6) is 11.5 Å². The number of rotatable bonds is 10. The van der Waals surface area contributed by atoms with Gasteiger partial charge in [0.15, 0.2) is 5.65 Å². The number of carboxylic acids is 1. The molecule has 1 aliphatic carbocycles. The van der Waals surface area contributed by atoms with Crippen molar-refractivity contribution in [3.63, 3.8) is 0 Å². The Morgan fingerprint density at radius 1 is 1.04 bits per heavy atom. The summed E-state index contributed by atoms with van der Waals surface area (Å²) < 4.78 is 51.9. The number of benzene rings is 2. The number of carbonyl (C=O) groups excluding carboxylic acids is 1. The highest BCUT2D eigenvalue weighted by Gasteiger charge is 2.32. The highest BCUT2D eigenvalue weighted by Crippen LogP contribution is 2.39. The molecule has 1 amide bonds. The van der Waals surface area contributed by atoms with E-state index in [1.54, 1.807) is 18.2 Å². The van der Waals surface area contributed by atoms with E-state index >= 15 is 0 Å². The van der Waals surface area contributed by atoms with Crippen molar-refractivity contribution in [1.82, 2.24) is 25.1 Å². The fourth-order valence-corrected chi connectivity index (χ4v) is 5.55. The number of hydrogen-bond donors (Lipinski definition) is 4. The van der Waals surface area contributed by atoms with Crippen molar-refractivity contribution in [1.29, 1.82) is 0 Å². The number of alkyl halides is 3. The third-order valence-corrected chi connectivity index (χ3v) is 7.83. The number of nitrogens with two attached hydrogens (primary N) is 1. The van der Waals surface area contributed by atoms with Crippen molar-refractivity contribution < 1.29 is 37.3 Å². The first-order chi connectivity index (χ1) is 21.5. The van der Waals surface area contributed by atoms with Crippen molar-refractivity contribution >= 4 is 34.4 Å². The fraction of sp³-hybridized carbons (Fsp3) is 0.367. The summed E-state index contributed by atoms with van der Waals surface area (Å²) in [7, 11) is 2.61. The number of fused-ring (bicyclic) bond motifs is 1. The van der Waals surface area contributed by atoms with E-state index < -0.39 is 23.6 Å². The summed E-state index contributed by atoms with van der Waals surface area (Å²) in [4.78, 5) is 32.6. The van der Waals surface area contributed by atoms with Crippen molar-refractivity contribution in [2.24, 2.45) is 0 Å². The summed E-state index contributed by atoms with van der Waals surface area (Å²) in [5.41, 5.74) is 7.26. The summed E-state index contributed by atoms with van der Waals surface area (Å²) in [5, 5.41) is 20.4. The van der Waals surface area contributed by atoms with Gasteiger partial charge in [0.1, 0.15) is 29.3 Å². The molecule has 1 aliphatic rings. The van der Waals surface area contributed by atoms with E-state index in [4.69, 9.17) is 25.4 Å². The summed E-state index contributed by atoms with van der Waals surface area (Å²) >= 11 is 0. The van der Waals surface area contributed by atoms with Gasteiger partial charge in [-0.15, -0.1) is 0 Å². The van der Waals surface area contributed by atoms with Gasteiger partial charge in [0, 0.05) is 18.2 Å². The number of carboxylic acid groups (broad SMARTS) is 1. The zero-order valence-electron chi connectivity index (χ0n) is 24.5. The molecule has 5 rings (SSSR count). The predicted octanol–water partition coefficient (Wildman–Crippen LogP) is 4.91. The second-order valence-corrected chi connectivity index (χ2v) is 10.6. The van der Waals surface area contributed by atoms with E-state index in [-0.39, 0.29) is 47.1 Å². The molecule has 2 aromatic carbocycles. The minimum absolute atomic E-state index is 0.0345. The number of nitrogens with zero attached hydrogens (tertiary/aromatic N) is 4. The van der Waals surface area contributed by atoms with Crippen molar-refractivity contribution in [2.75, 3.05) is 31.8 Å². The van der Waals surface area contributed by atoms with Crippen LogP contribution in [0.3, 0.4) is 0 Å². The number of anilines is 2. The predicted molar refractivity (Wildman–Crippen MR) is 159 cm³/mol. The van der Waals surface area contributed by atoms with Crippen LogP contribution in [0.2, 0.25) is 0 Å². The van der Waals surface area contributed by atoms with Crippen LogP contribution in [0.4, 0.5) is 24.7 Å². The number of carbonyl (C=O) groups is 2. The number of amides is 1. The zero-order valence-corrected chi connectivity index (χ0v) is 24.5. The summed E-state index contributed by atoms with van der Waals surface area (Å²) in [6.07, 6.45) is 0.138. The van der Waals surface area contributed by atoms with E-state index in [9.17, 15) is 22.8 Å². The number of nitrogens with one attached hydrogen (secondary N) is 2. The normalized spacial score (nSPS) is 16.8. The molecular weight excluding hydrogens is 595 g/mol. The third kappa shape index (κ3) is 6.77. The first-order valence-electron chi connectivity index (χ1n) is 14.2. The molecule has 1 fully saturated rings. The lowest BCUT2D eigenvalue weighted by atomic mass is 9.91. The summed E-state index contributed by atoms with van der Waals surface area (Å²) in [6.45, 7) is 0.416. The Kier molecular flexibility index (Phi) is 9.09. The number of methoxy groups -OCH3 is 2. The quantitative estimate of drug-likeness (QED) is 0.190. The average molecular weight is 628 g/mol. The average Bonchev–Trinajstić information content (AvgIpc) is 3.41. The molecule has 0 radical (unpaired) electrons. The molecule has 238 valence electrons. The van der Waals surface area contributed by atoms with Gasteiger partial charge < -0.3 is 30.9 Å². The van der Waals surface area contributed by atoms with Crippen LogP contribution in [0.25, 0.3) is 22.3 Å². The molecule has 12 nitrogen and oxygen atoms in total. The van der Waals surface area contributed by atoms with Gasteiger partial charge in [-0.05, 0) is 56.0 Å². The molecule has 0 saturated heterocycles. The second kappa shape index (κ2) is 13.0. The number of halogens is 3. The minimum Gasteiger partial charge on any atom is -0.496 e. The largest absolute Gasteiger partial charge is 0.496 e. The Morgan fingerprint density at radius 2 is 1.78 bits per heavy atom. The smallest absolute Gasteiger partial charge is 0.416 e. The molecule has 15 heteroatoms. The fourth-order valence-electron chi connectivity index (χ4n) is 5.55. The summed E-state index contributed by atoms with van der Waals surface area (Å²) in [6, 6.07) is 7.87. The van der Waals surface area contributed by atoms with Gasteiger partial charge in [0.25, 0.3) is 5.91 Å². The Hall–Kier alpha value is -4.92. The highest BCUT2D eigenvalue weighted by atomic mass is 19.4. The van der Waals surface area contributed by atoms with E-state index in [2.05, 4.69) is 20.6 Å². The monoisotopic (exact) mass is 627 g/mol. The van der Waals surface area contributed by atoms with Gasteiger partial charge in [0.2, 0.25) is 0 Å². The number of aromatic nitrogens is 4. The van der Waals surface area contributed by atoms with Crippen LogP contribution < -0.4 is 25.8 Å². The molecule has 0 atom stereocenters. The third-order valence-electron chi connectivity index (χ3n) is 7.83. The van der Waals surface area contributed by atoms with E-state index in [0.717, 1.165) is 43.9 Å². The number of nitrogen functional groups attached to an aromatic ring is 1. The van der Waals surface area contributed by atoms with Gasteiger partial charge in [-0.2, -0.15) is 18.3 Å². The van der Waals surface area contributed by atoms with E-state index in [0.29, 0.717) is 28.8 Å². The lowest BCUT2D eigenvalue weighted by Gasteiger charge is -2.29. The Bertz CT molecular complexity index is 1720. The molecular formula is C30H32F3N7O5. The van der Waals surface area contributed by atoms with Crippen LogP contribution in [-0.2, 0) is 11.0 Å². The van der Waals surface area contributed by atoms with Crippen LogP contribution in [0.1, 0.15) is 54.1 Å². The molecule has 0 aliphatic heterocycles. The Balaban J connectivity index is 1.40. The van der Waals surface area contributed by atoms with Gasteiger partial charge >= 0.3 is 12.1 Å². The van der Waals surface area contributed by atoms with Crippen LogP contribution in [-0.4, -0.2) is 63.5 Å². The topological polar surface area (TPSA) is 167 Å². The van der Waals surface area contributed by atoms with E-state index in [1.807, 2.05) is 4.68 Å². The first kappa shape index (κ1) is 31.5. The van der Waals surface area contributed by atoms with Gasteiger partial charge in [0.05, 0.1) is 48.9 Å². The minimum atomic E-state index is -4.59. The van der Waals surface area contributed by atoms with Crippen molar-refractivity contribution in [3.05, 3.63) is 53.9 Å². The van der Waals surface area contributed by atoms with Gasteiger partial charge in [-0.1, -0.05) is 6.07 Å². The first-order valence-corrected chi connectivity index (χ1v) is 14.2. The summed E-state index contributed by atoms with van der Waals surface area (Å²) in [5.74, 6) is -1.23. The van der Waals surface area contributed by atoms with Gasteiger partial charge in [-0.25, -0.2) is 14.6 Å². The zero-order chi connectivity index (χ0) is 32.3. The maximum absolute atomic E-state index is 13.2. The SMILES string of the molecule is COc1cc(-c2nn([C@H]3CC[C@H](NCCC(=O)O)CC3)c3ncnc(N)c23)ccc1NC(=O)c1ccc(C(F)(F)F)cc1OC. The molecule has 0 spiro atoms. The van der Waals surface area contributed by atoms with Crippen LogP contribution in [0, 0.1) is 0 Å².